The Morgan fingerprint density at radius 2 is 2.16 bits per heavy atom. The topological polar surface area (TPSA) is 74.7 Å². The number of fused-ring (bicyclic) bond motifs is 1. The van der Waals surface area contributed by atoms with E-state index < -0.39 is 0 Å². The molecule has 1 unspecified atom stereocenters. The van der Waals surface area contributed by atoms with Crippen molar-refractivity contribution in [3.63, 3.8) is 0 Å². The molecule has 19 heavy (non-hydrogen) atoms. The van der Waals surface area contributed by atoms with Gasteiger partial charge in [-0.2, -0.15) is 9.64 Å². The highest BCUT2D eigenvalue weighted by atomic mass is 32.1. The Morgan fingerprint density at radius 1 is 1.37 bits per heavy atom. The molecule has 0 fully saturated rings. The smallest absolute Gasteiger partial charge is 0.157 e. The average Bonchev–Trinajstić information content (AvgIpc) is 2.79. The van der Waals surface area contributed by atoms with Gasteiger partial charge in [0.1, 0.15) is 16.6 Å². The van der Waals surface area contributed by atoms with Crippen LogP contribution in [0.5, 0.6) is 0 Å². The molecule has 0 saturated carbocycles. The van der Waals surface area contributed by atoms with Crippen LogP contribution in [0.25, 0.3) is 0 Å². The summed E-state index contributed by atoms with van der Waals surface area (Å²) in [6.07, 6.45) is 3.13. The molecular formula is C14H14N4S. The Balaban J connectivity index is 1.78. The SMILES string of the molecule is N#Cc1c(N)nsc1NC1CCc2ccccc2C1. The molecule has 0 aliphatic heterocycles. The number of hydrogen-bond acceptors (Lipinski definition) is 5. The zero-order chi connectivity index (χ0) is 13.2. The van der Waals surface area contributed by atoms with Crippen molar-refractivity contribution in [2.75, 3.05) is 11.1 Å². The number of nitrogen functional groups attached to an aromatic ring is 1. The summed E-state index contributed by atoms with van der Waals surface area (Å²) in [5.74, 6) is 0.325. The zero-order valence-corrected chi connectivity index (χ0v) is 11.2. The van der Waals surface area contributed by atoms with Crippen molar-refractivity contribution in [2.45, 2.75) is 25.3 Å². The lowest BCUT2D eigenvalue weighted by Gasteiger charge is -2.25. The van der Waals surface area contributed by atoms with Crippen LogP contribution in [0.4, 0.5) is 10.8 Å². The van der Waals surface area contributed by atoms with Crippen molar-refractivity contribution in [3.05, 3.63) is 41.0 Å². The second-order valence-corrected chi connectivity index (χ2v) is 5.51. The number of aromatic nitrogens is 1. The van der Waals surface area contributed by atoms with Crippen LogP contribution >= 0.6 is 11.5 Å². The lowest BCUT2D eigenvalue weighted by molar-refractivity contribution is 0.612. The Morgan fingerprint density at radius 3 is 2.95 bits per heavy atom. The van der Waals surface area contributed by atoms with E-state index in [-0.39, 0.29) is 0 Å². The first-order valence-electron chi connectivity index (χ1n) is 6.26. The molecule has 3 N–H and O–H groups in total. The van der Waals surface area contributed by atoms with Crippen LogP contribution in [0.3, 0.4) is 0 Å². The minimum absolute atomic E-state index is 0.325. The minimum Gasteiger partial charge on any atom is -0.382 e. The molecule has 2 aromatic rings. The highest BCUT2D eigenvalue weighted by molar-refractivity contribution is 7.10. The third-order valence-electron chi connectivity index (χ3n) is 3.51. The van der Waals surface area contributed by atoms with Gasteiger partial charge in [0, 0.05) is 6.04 Å². The monoisotopic (exact) mass is 270 g/mol. The van der Waals surface area contributed by atoms with Gasteiger partial charge in [-0.25, -0.2) is 0 Å². The van der Waals surface area contributed by atoms with Crippen LogP contribution in [-0.4, -0.2) is 10.4 Å². The Bertz CT molecular complexity index is 641. The highest BCUT2D eigenvalue weighted by Gasteiger charge is 2.20. The van der Waals surface area contributed by atoms with Crippen LogP contribution < -0.4 is 11.1 Å². The molecule has 1 aromatic carbocycles. The Hall–Kier alpha value is -2.06. The predicted octanol–water partition coefficient (Wildman–Crippen LogP) is 2.57. The van der Waals surface area contributed by atoms with E-state index in [0.717, 1.165) is 24.3 Å². The Labute approximate surface area is 116 Å². The summed E-state index contributed by atoms with van der Waals surface area (Å²) in [5, 5.41) is 13.3. The summed E-state index contributed by atoms with van der Waals surface area (Å²) >= 11 is 1.27. The van der Waals surface area contributed by atoms with E-state index in [1.165, 1.54) is 22.7 Å². The molecule has 1 atom stereocenters. The standard InChI is InChI=1S/C14H14N4S/c15-8-12-13(16)18-19-14(12)17-11-6-5-9-3-1-2-4-10(9)7-11/h1-4,11,17H,5-7H2,(H2,16,18). The van der Waals surface area contributed by atoms with Gasteiger partial charge in [0.15, 0.2) is 5.82 Å². The first kappa shape index (κ1) is 12.0. The number of anilines is 2. The second-order valence-electron chi connectivity index (χ2n) is 4.74. The number of nitrogens with two attached hydrogens (primary N) is 1. The molecule has 5 heteroatoms. The summed E-state index contributed by atoms with van der Waals surface area (Å²) in [6, 6.07) is 11.0. The van der Waals surface area contributed by atoms with Gasteiger partial charge in [0.2, 0.25) is 0 Å². The molecule has 1 aliphatic carbocycles. The first-order valence-corrected chi connectivity index (χ1v) is 7.04. The normalized spacial score (nSPS) is 17.5. The third kappa shape index (κ3) is 2.27. The van der Waals surface area contributed by atoms with Gasteiger partial charge in [-0.1, -0.05) is 24.3 Å². The maximum absolute atomic E-state index is 9.07. The van der Waals surface area contributed by atoms with E-state index in [2.05, 4.69) is 40.0 Å². The number of nitrogens with zero attached hydrogens (tertiary/aromatic N) is 2. The van der Waals surface area contributed by atoms with Crippen molar-refractivity contribution in [1.82, 2.24) is 4.37 Å². The summed E-state index contributed by atoms with van der Waals surface area (Å²) in [4.78, 5) is 0. The van der Waals surface area contributed by atoms with Gasteiger partial charge in [-0.05, 0) is 41.9 Å². The lowest BCUT2D eigenvalue weighted by Crippen LogP contribution is -2.27. The quantitative estimate of drug-likeness (QED) is 0.879. The second kappa shape index (κ2) is 4.90. The molecule has 1 heterocycles. The average molecular weight is 270 g/mol. The van der Waals surface area contributed by atoms with Crippen molar-refractivity contribution < 1.29 is 0 Å². The molecule has 0 radical (unpaired) electrons. The number of hydrogen-bond donors (Lipinski definition) is 2. The van der Waals surface area contributed by atoms with Crippen LogP contribution in [0.15, 0.2) is 24.3 Å². The fraction of sp³-hybridized carbons (Fsp3) is 0.286. The molecule has 0 saturated heterocycles. The van der Waals surface area contributed by atoms with E-state index in [1.54, 1.807) is 0 Å². The molecule has 0 spiro atoms. The van der Waals surface area contributed by atoms with Crippen molar-refractivity contribution >= 4 is 22.4 Å². The maximum atomic E-state index is 9.07. The fourth-order valence-electron chi connectivity index (χ4n) is 2.52. The zero-order valence-electron chi connectivity index (χ0n) is 10.4. The number of benzene rings is 1. The number of nitrogens with one attached hydrogen (secondary N) is 1. The number of rotatable bonds is 2. The molecule has 96 valence electrons. The van der Waals surface area contributed by atoms with Crippen molar-refractivity contribution in [2.24, 2.45) is 0 Å². The molecular weight excluding hydrogens is 256 g/mol. The van der Waals surface area contributed by atoms with Gasteiger partial charge in [-0.15, -0.1) is 0 Å². The predicted molar refractivity (Wildman–Crippen MR) is 77.1 cm³/mol. The fourth-order valence-corrected chi connectivity index (χ4v) is 3.26. The van der Waals surface area contributed by atoms with Gasteiger partial charge < -0.3 is 11.1 Å². The van der Waals surface area contributed by atoms with Gasteiger partial charge >= 0.3 is 0 Å². The molecule has 0 amide bonds. The maximum Gasteiger partial charge on any atom is 0.157 e. The van der Waals surface area contributed by atoms with Crippen LogP contribution in [0, 0.1) is 11.3 Å². The van der Waals surface area contributed by atoms with Gasteiger partial charge in [0.25, 0.3) is 0 Å². The van der Waals surface area contributed by atoms with Crippen molar-refractivity contribution in [3.8, 4) is 6.07 Å². The summed E-state index contributed by atoms with van der Waals surface area (Å²) in [5.41, 5.74) is 8.97. The largest absolute Gasteiger partial charge is 0.382 e. The van der Waals surface area contributed by atoms with Crippen LogP contribution in [0.2, 0.25) is 0 Å². The minimum atomic E-state index is 0.325. The Kier molecular flexibility index (Phi) is 3.10. The van der Waals surface area contributed by atoms with E-state index in [1.807, 2.05) is 0 Å². The van der Waals surface area contributed by atoms with Crippen molar-refractivity contribution in [1.29, 1.82) is 5.26 Å². The summed E-state index contributed by atoms with van der Waals surface area (Å²) < 4.78 is 4.03. The van der Waals surface area contributed by atoms with E-state index in [4.69, 9.17) is 11.0 Å². The van der Waals surface area contributed by atoms with E-state index in [9.17, 15) is 0 Å². The molecule has 3 rings (SSSR count). The van der Waals surface area contributed by atoms with E-state index in [0.29, 0.717) is 17.4 Å². The molecule has 1 aromatic heterocycles. The van der Waals surface area contributed by atoms with Crippen LogP contribution in [0.1, 0.15) is 23.1 Å². The summed E-state index contributed by atoms with van der Waals surface area (Å²) in [7, 11) is 0. The van der Waals surface area contributed by atoms with Gasteiger partial charge in [0.05, 0.1) is 0 Å². The highest BCUT2D eigenvalue weighted by Crippen LogP contribution is 2.29. The molecule has 0 bridgehead atoms. The number of nitriles is 1. The lowest BCUT2D eigenvalue weighted by atomic mass is 9.88. The van der Waals surface area contributed by atoms with Crippen LogP contribution in [-0.2, 0) is 12.8 Å². The van der Waals surface area contributed by atoms with E-state index >= 15 is 0 Å². The summed E-state index contributed by atoms with van der Waals surface area (Å²) in [6.45, 7) is 0. The first-order chi connectivity index (χ1) is 9.28. The van der Waals surface area contributed by atoms with Gasteiger partial charge in [-0.3, -0.25) is 0 Å². The molecule has 1 aliphatic rings. The molecule has 4 nitrogen and oxygen atoms in total. The third-order valence-corrected chi connectivity index (χ3v) is 4.30. The number of aryl methyl sites for hydroxylation is 1.